The molecular weight excluding hydrogens is 224 g/mol. The molecule has 0 aliphatic carbocycles. The summed E-state index contributed by atoms with van der Waals surface area (Å²) in [7, 11) is 0. The van der Waals surface area contributed by atoms with Crippen LogP contribution in [-0.2, 0) is 0 Å². The van der Waals surface area contributed by atoms with E-state index in [9.17, 15) is 0 Å². The molecule has 2 aromatic rings. The Morgan fingerprint density at radius 3 is 2.81 bits per heavy atom. The summed E-state index contributed by atoms with van der Waals surface area (Å²) in [6.07, 6.45) is 1.52. The molecule has 78 valence electrons. The SMILES string of the molecule is N#Cc1ccnc(Nc2ccccc2Cl)n1. The highest BCUT2D eigenvalue weighted by molar-refractivity contribution is 6.33. The number of nitrogens with one attached hydrogen (secondary N) is 1. The van der Waals surface area contributed by atoms with Gasteiger partial charge in [0.2, 0.25) is 5.95 Å². The van der Waals surface area contributed by atoms with Gasteiger partial charge in [0.05, 0.1) is 10.7 Å². The van der Waals surface area contributed by atoms with Gasteiger partial charge in [0.15, 0.2) is 0 Å². The van der Waals surface area contributed by atoms with E-state index in [-0.39, 0.29) is 0 Å². The highest BCUT2D eigenvalue weighted by atomic mass is 35.5. The summed E-state index contributed by atoms with van der Waals surface area (Å²) >= 11 is 5.96. The Balaban J connectivity index is 2.28. The van der Waals surface area contributed by atoms with Crippen LogP contribution in [0.1, 0.15) is 5.69 Å². The lowest BCUT2D eigenvalue weighted by molar-refractivity contribution is 1.14. The van der Waals surface area contributed by atoms with E-state index in [0.29, 0.717) is 22.4 Å². The van der Waals surface area contributed by atoms with Crippen LogP contribution in [0.15, 0.2) is 36.5 Å². The molecule has 0 fully saturated rings. The summed E-state index contributed by atoms with van der Waals surface area (Å²) in [6, 6.07) is 10.7. The number of rotatable bonds is 2. The van der Waals surface area contributed by atoms with Crippen molar-refractivity contribution in [1.82, 2.24) is 9.97 Å². The Hall–Kier alpha value is -2.12. The zero-order valence-electron chi connectivity index (χ0n) is 8.18. The topological polar surface area (TPSA) is 61.6 Å². The molecule has 0 saturated heterocycles. The molecule has 4 nitrogen and oxygen atoms in total. The van der Waals surface area contributed by atoms with E-state index in [1.54, 1.807) is 6.07 Å². The first kappa shape index (κ1) is 10.4. The second-order valence-corrected chi connectivity index (χ2v) is 3.39. The van der Waals surface area contributed by atoms with Crippen LogP contribution in [0.25, 0.3) is 0 Å². The Bertz CT molecular complexity index is 548. The van der Waals surface area contributed by atoms with E-state index in [1.165, 1.54) is 12.3 Å². The second kappa shape index (κ2) is 4.60. The standard InChI is InChI=1S/C11H7ClN4/c12-9-3-1-2-4-10(9)16-11-14-6-5-8(7-13)15-11/h1-6H,(H,14,15,16). The van der Waals surface area contributed by atoms with Crippen molar-refractivity contribution < 1.29 is 0 Å². The van der Waals surface area contributed by atoms with Crippen molar-refractivity contribution >= 4 is 23.2 Å². The van der Waals surface area contributed by atoms with Crippen molar-refractivity contribution in [1.29, 1.82) is 5.26 Å². The Labute approximate surface area is 97.5 Å². The van der Waals surface area contributed by atoms with Crippen LogP contribution in [0.5, 0.6) is 0 Å². The second-order valence-electron chi connectivity index (χ2n) is 2.98. The van der Waals surface area contributed by atoms with E-state index < -0.39 is 0 Å². The molecule has 1 aromatic heterocycles. The molecule has 5 heteroatoms. The first-order valence-electron chi connectivity index (χ1n) is 4.54. The highest BCUT2D eigenvalue weighted by Gasteiger charge is 2.02. The lowest BCUT2D eigenvalue weighted by Gasteiger charge is -2.05. The van der Waals surface area contributed by atoms with E-state index in [1.807, 2.05) is 24.3 Å². The number of para-hydroxylation sites is 1. The van der Waals surface area contributed by atoms with Crippen molar-refractivity contribution in [3.63, 3.8) is 0 Å². The minimum Gasteiger partial charge on any atom is -0.323 e. The smallest absolute Gasteiger partial charge is 0.228 e. The maximum atomic E-state index is 8.69. The first-order chi connectivity index (χ1) is 7.79. The number of hydrogen-bond donors (Lipinski definition) is 1. The molecule has 1 aromatic carbocycles. The fraction of sp³-hybridized carbons (Fsp3) is 0. The summed E-state index contributed by atoms with van der Waals surface area (Å²) in [5.41, 5.74) is 1.02. The number of hydrogen-bond acceptors (Lipinski definition) is 4. The van der Waals surface area contributed by atoms with Gasteiger partial charge in [-0.25, -0.2) is 9.97 Å². The van der Waals surface area contributed by atoms with Crippen molar-refractivity contribution in [2.75, 3.05) is 5.32 Å². The molecule has 1 heterocycles. The fourth-order valence-electron chi connectivity index (χ4n) is 1.16. The number of benzene rings is 1. The van der Waals surface area contributed by atoms with Crippen molar-refractivity contribution in [2.45, 2.75) is 0 Å². The maximum Gasteiger partial charge on any atom is 0.228 e. The van der Waals surface area contributed by atoms with Gasteiger partial charge in [0.1, 0.15) is 11.8 Å². The average molecular weight is 231 g/mol. The molecule has 0 aliphatic rings. The van der Waals surface area contributed by atoms with Crippen LogP contribution < -0.4 is 5.32 Å². The first-order valence-corrected chi connectivity index (χ1v) is 4.92. The van der Waals surface area contributed by atoms with Crippen LogP contribution in [0.4, 0.5) is 11.6 Å². The zero-order valence-corrected chi connectivity index (χ0v) is 8.94. The van der Waals surface area contributed by atoms with Crippen molar-refractivity contribution in [2.24, 2.45) is 0 Å². The van der Waals surface area contributed by atoms with Gasteiger partial charge in [-0.15, -0.1) is 0 Å². The van der Waals surface area contributed by atoms with E-state index >= 15 is 0 Å². The molecule has 0 radical (unpaired) electrons. The highest BCUT2D eigenvalue weighted by Crippen LogP contribution is 2.22. The summed E-state index contributed by atoms with van der Waals surface area (Å²) in [5.74, 6) is 0.354. The van der Waals surface area contributed by atoms with Gasteiger partial charge in [0, 0.05) is 6.20 Å². The van der Waals surface area contributed by atoms with Crippen LogP contribution >= 0.6 is 11.6 Å². The average Bonchev–Trinajstić information content (AvgIpc) is 2.32. The maximum absolute atomic E-state index is 8.69. The van der Waals surface area contributed by atoms with E-state index in [2.05, 4.69) is 15.3 Å². The molecule has 0 saturated carbocycles. The lowest BCUT2D eigenvalue weighted by atomic mass is 10.3. The summed E-state index contributed by atoms with van der Waals surface area (Å²) in [4.78, 5) is 7.98. The summed E-state index contributed by atoms with van der Waals surface area (Å²) in [6.45, 7) is 0. The number of nitriles is 1. The van der Waals surface area contributed by atoms with Crippen LogP contribution in [0, 0.1) is 11.3 Å². The summed E-state index contributed by atoms with van der Waals surface area (Å²) in [5, 5.41) is 12.2. The third-order valence-electron chi connectivity index (χ3n) is 1.89. The van der Waals surface area contributed by atoms with E-state index in [0.717, 1.165) is 0 Å². The normalized spacial score (nSPS) is 9.50. The molecule has 1 N–H and O–H groups in total. The molecule has 0 unspecified atom stereocenters. The Morgan fingerprint density at radius 1 is 1.25 bits per heavy atom. The summed E-state index contributed by atoms with van der Waals surface area (Å²) < 4.78 is 0. The number of nitrogens with zero attached hydrogens (tertiary/aromatic N) is 3. The fourth-order valence-corrected chi connectivity index (χ4v) is 1.35. The quantitative estimate of drug-likeness (QED) is 0.862. The predicted molar refractivity (Wildman–Crippen MR) is 61.5 cm³/mol. The van der Waals surface area contributed by atoms with Crippen molar-refractivity contribution in [3.05, 3.63) is 47.2 Å². The Morgan fingerprint density at radius 2 is 2.06 bits per heavy atom. The van der Waals surface area contributed by atoms with Gasteiger partial charge in [0.25, 0.3) is 0 Å². The van der Waals surface area contributed by atoms with Gasteiger partial charge in [-0.3, -0.25) is 0 Å². The van der Waals surface area contributed by atoms with Crippen LogP contribution in [-0.4, -0.2) is 9.97 Å². The minimum absolute atomic E-state index is 0.310. The number of aromatic nitrogens is 2. The molecule has 0 bridgehead atoms. The monoisotopic (exact) mass is 230 g/mol. The van der Waals surface area contributed by atoms with Gasteiger partial charge in [-0.1, -0.05) is 23.7 Å². The third-order valence-corrected chi connectivity index (χ3v) is 2.22. The lowest BCUT2D eigenvalue weighted by Crippen LogP contribution is -1.98. The molecule has 0 amide bonds. The minimum atomic E-state index is 0.310. The predicted octanol–water partition coefficient (Wildman–Crippen LogP) is 2.75. The van der Waals surface area contributed by atoms with Crippen LogP contribution in [0.3, 0.4) is 0 Å². The van der Waals surface area contributed by atoms with Crippen LogP contribution in [0.2, 0.25) is 5.02 Å². The third kappa shape index (κ3) is 2.27. The molecule has 16 heavy (non-hydrogen) atoms. The number of anilines is 2. The van der Waals surface area contributed by atoms with Crippen molar-refractivity contribution in [3.8, 4) is 6.07 Å². The van der Waals surface area contributed by atoms with Gasteiger partial charge >= 0.3 is 0 Å². The molecule has 0 aliphatic heterocycles. The zero-order chi connectivity index (χ0) is 11.4. The molecule has 0 spiro atoms. The molecule has 2 rings (SSSR count). The Kier molecular flexibility index (Phi) is 2.99. The van der Waals surface area contributed by atoms with Gasteiger partial charge < -0.3 is 5.32 Å². The van der Waals surface area contributed by atoms with Gasteiger partial charge in [-0.05, 0) is 18.2 Å². The largest absolute Gasteiger partial charge is 0.323 e. The number of halogens is 1. The van der Waals surface area contributed by atoms with Gasteiger partial charge in [-0.2, -0.15) is 5.26 Å². The molecular formula is C11H7ClN4. The van der Waals surface area contributed by atoms with E-state index in [4.69, 9.17) is 16.9 Å². The molecule has 0 atom stereocenters.